The van der Waals surface area contributed by atoms with E-state index in [1.807, 2.05) is 19.1 Å². The molecule has 0 saturated carbocycles. The predicted octanol–water partition coefficient (Wildman–Crippen LogP) is 3.08. The minimum Gasteiger partial charge on any atom is -0.239 e. The fraction of sp³-hybridized carbons (Fsp3) is 0.400. The second-order valence-electron chi connectivity index (χ2n) is 2.83. The van der Waals surface area contributed by atoms with Gasteiger partial charge in [-0.25, -0.2) is 4.39 Å². The molecule has 0 spiro atoms. The van der Waals surface area contributed by atoms with Crippen LogP contribution in [0.2, 0.25) is 0 Å². The zero-order valence-electron chi connectivity index (χ0n) is 6.89. The maximum atomic E-state index is 13.5. The number of hydrogen-bond donors (Lipinski definition) is 0. The second kappa shape index (κ2) is 3.04. The standard InChI is InChI=1S/C10H12F/c1-3-10(2,11)9-7-5-4-6-8-9/h4-7H,3H2,1-2H3. The van der Waals surface area contributed by atoms with Crippen molar-refractivity contribution in [3.63, 3.8) is 0 Å². The summed E-state index contributed by atoms with van der Waals surface area (Å²) in [7, 11) is 0. The van der Waals surface area contributed by atoms with Crippen LogP contribution in [0.25, 0.3) is 0 Å². The molecule has 0 aromatic heterocycles. The molecule has 0 saturated heterocycles. The minimum atomic E-state index is -1.22. The van der Waals surface area contributed by atoms with Gasteiger partial charge in [-0.15, -0.1) is 0 Å². The van der Waals surface area contributed by atoms with Crippen LogP contribution >= 0.6 is 0 Å². The third-order valence-electron chi connectivity index (χ3n) is 1.93. The molecule has 0 fully saturated rings. The van der Waals surface area contributed by atoms with Crippen LogP contribution in [0.15, 0.2) is 24.3 Å². The lowest BCUT2D eigenvalue weighted by atomic mass is 9.96. The van der Waals surface area contributed by atoms with E-state index in [9.17, 15) is 4.39 Å². The molecule has 0 nitrogen and oxygen atoms in total. The summed E-state index contributed by atoms with van der Waals surface area (Å²) in [6, 6.07) is 10.1. The van der Waals surface area contributed by atoms with Crippen LogP contribution in [-0.4, -0.2) is 0 Å². The van der Waals surface area contributed by atoms with Gasteiger partial charge in [-0.1, -0.05) is 31.2 Å². The largest absolute Gasteiger partial charge is 0.239 e. The fourth-order valence-electron chi connectivity index (χ4n) is 0.908. The van der Waals surface area contributed by atoms with Gasteiger partial charge in [-0.3, -0.25) is 0 Å². The van der Waals surface area contributed by atoms with Crippen molar-refractivity contribution in [2.75, 3.05) is 0 Å². The molecule has 1 aromatic rings. The molecule has 0 N–H and O–H groups in total. The molecule has 1 radical (unpaired) electrons. The summed E-state index contributed by atoms with van der Waals surface area (Å²) < 4.78 is 13.5. The van der Waals surface area contributed by atoms with Crippen molar-refractivity contribution in [1.29, 1.82) is 0 Å². The van der Waals surface area contributed by atoms with Crippen LogP contribution in [0.5, 0.6) is 0 Å². The molecule has 59 valence electrons. The van der Waals surface area contributed by atoms with Gasteiger partial charge in [-0.2, -0.15) is 0 Å². The van der Waals surface area contributed by atoms with E-state index in [1.54, 1.807) is 19.1 Å². The molecule has 0 bridgehead atoms. The Bertz CT molecular complexity index is 214. The third-order valence-corrected chi connectivity index (χ3v) is 1.93. The van der Waals surface area contributed by atoms with Crippen molar-refractivity contribution >= 4 is 0 Å². The Kier molecular flexibility index (Phi) is 2.28. The lowest BCUT2D eigenvalue weighted by Crippen LogP contribution is -2.12. The van der Waals surface area contributed by atoms with E-state index in [1.165, 1.54) is 0 Å². The Balaban J connectivity index is 2.93. The topological polar surface area (TPSA) is 0 Å². The molecule has 0 aliphatic carbocycles. The first-order valence-electron chi connectivity index (χ1n) is 3.83. The van der Waals surface area contributed by atoms with Crippen LogP contribution in [-0.2, 0) is 5.67 Å². The van der Waals surface area contributed by atoms with Gasteiger partial charge in [0.15, 0.2) is 0 Å². The SMILES string of the molecule is CCC(C)(F)c1[c]cccc1. The highest BCUT2D eigenvalue weighted by Gasteiger charge is 2.22. The van der Waals surface area contributed by atoms with Crippen molar-refractivity contribution < 1.29 is 4.39 Å². The highest BCUT2D eigenvalue weighted by atomic mass is 19.1. The minimum absolute atomic E-state index is 0.494. The molecular formula is C10H12F. The van der Waals surface area contributed by atoms with Gasteiger partial charge in [0.1, 0.15) is 5.67 Å². The molecule has 1 heteroatoms. The molecule has 0 amide bonds. The van der Waals surface area contributed by atoms with Gasteiger partial charge in [-0.05, 0) is 25.0 Å². The molecule has 11 heavy (non-hydrogen) atoms. The number of alkyl halides is 1. The molecule has 0 heterocycles. The van der Waals surface area contributed by atoms with Crippen LogP contribution in [0, 0.1) is 6.07 Å². The molecule has 1 rings (SSSR count). The van der Waals surface area contributed by atoms with Crippen molar-refractivity contribution in [3.05, 3.63) is 35.9 Å². The highest BCUT2D eigenvalue weighted by molar-refractivity contribution is 5.19. The van der Waals surface area contributed by atoms with Crippen LogP contribution < -0.4 is 0 Å². The molecule has 0 aliphatic heterocycles. The normalized spacial score (nSPS) is 15.9. The highest BCUT2D eigenvalue weighted by Crippen LogP contribution is 2.27. The van der Waals surface area contributed by atoms with Crippen LogP contribution in [0.3, 0.4) is 0 Å². The molecular weight excluding hydrogens is 139 g/mol. The van der Waals surface area contributed by atoms with Crippen molar-refractivity contribution in [2.45, 2.75) is 25.9 Å². The van der Waals surface area contributed by atoms with Gasteiger partial charge >= 0.3 is 0 Å². The van der Waals surface area contributed by atoms with Crippen LogP contribution in [0.4, 0.5) is 4.39 Å². The lowest BCUT2D eigenvalue weighted by Gasteiger charge is -2.17. The van der Waals surface area contributed by atoms with E-state index in [-0.39, 0.29) is 0 Å². The first kappa shape index (κ1) is 8.25. The maximum absolute atomic E-state index is 13.5. The third kappa shape index (κ3) is 1.79. The second-order valence-corrected chi connectivity index (χ2v) is 2.83. The molecule has 1 atom stereocenters. The smallest absolute Gasteiger partial charge is 0.133 e. The summed E-state index contributed by atoms with van der Waals surface area (Å²) >= 11 is 0. The van der Waals surface area contributed by atoms with Gasteiger partial charge in [0.2, 0.25) is 0 Å². The quantitative estimate of drug-likeness (QED) is 0.609. The van der Waals surface area contributed by atoms with Crippen molar-refractivity contribution in [2.24, 2.45) is 0 Å². The van der Waals surface area contributed by atoms with E-state index in [0.29, 0.717) is 12.0 Å². The summed E-state index contributed by atoms with van der Waals surface area (Å²) in [5.74, 6) is 0. The van der Waals surface area contributed by atoms with Crippen molar-refractivity contribution in [3.8, 4) is 0 Å². The van der Waals surface area contributed by atoms with Crippen molar-refractivity contribution in [1.82, 2.24) is 0 Å². The Morgan fingerprint density at radius 1 is 1.55 bits per heavy atom. The molecule has 0 aliphatic rings. The van der Waals surface area contributed by atoms with Crippen LogP contribution in [0.1, 0.15) is 25.8 Å². The van der Waals surface area contributed by atoms with Gasteiger partial charge in [0.25, 0.3) is 0 Å². The van der Waals surface area contributed by atoms with E-state index in [0.717, 1.165) is 0 Å². The maximum Gasteiger partial charge on any atom is 0.133 e. The van der Waals surface area contributed by atoms with E-state index in [2.05, 4.69) is 6.07 Å². The monoisotopic (exact) mass is 151 g/mol. The average Bonchev–Trinajstić information content (AvgIpc) is 2.06. The summed E-state index contributed by atoms with van der Waals surface area (Å²) in [6.45, 7) is 3.42. The number of rotatable bonds is 2. The van der Waals surface area contributed by atoms with E-state index < -0.39 is 5.67 Å². The number of benzene rings is 1. The van der Waals surface area contributed by atoms with Gasteiger partial charge in [0, 0.05) is 0 Å². The van der Waals surface area contributed by atoms with E-state index in [4.69, 9.17) is 0 Å². The number of hydrogen-bond acceptors (Lipinski definition) is 0. The fourth-order valence-corrected chi connectivity index (χ4v) is 0.908. The number of halogens is 1. The average molecular weight is 151 g/mol. The summed E-state index contributed by atoms with van der Waals surface area (Å²) in [5, 5.41) is 0. The summed E-state index contributed by atoms with van der Waals surface area (Å²) in [4.78, 5) is 0. The molecule has 1 unspecified atom stereocenters. The first-order chi connectivity index (χ1) is 5.17. The molecule has 1 aromatic carbocycles. The summed E-state index contributed by atoms with van der Waals surface area (Å²) in [6.07, 6.45) is 0.494. The first-order valence-corrected chi connectivity index (χ1v) is 3.83. The van der Waals surface area contributed by atoms with Gasteiger partial charge in [0.05, 0.1) is 0 Å². The zero-order valence-corrected chi connectivity index (χ0v) is 6.89. The lowest BCUT2D eigenvalue weighted by molar-refractivity contribution is 0.185. The van der Waals surface area contributed by atoms with E-state index >= 15 is 0 Å². The Morgan fingerprint density at radius 2 is 2.27 bits per heavy atom. The predicted molar refractivity (Wildman–Crippen MR) is 44.0 cm³/mol. The summed E-state index contributed by atoms with van der Waals surface area (Å²) in [5.41, 5.74) is -0.580. The van der Waals surface area contributed by atoms with Gasteiger partial charge < -0.3 is 0 Å². The Hall–Kier alpha value is -0.850. The zero-order chi connectivity index (χ0) is 8.32. The Morgan fingerprint density at radius 3 is 2.73 bits per heavy atom. The Labute approximate surface area is 67.1 Å².